The molecule has 0 bridgehead atoms. The number of carbonyl (C=O) groups excluding carboxylic acids is 1. The number of halogens is 1. The Balaban J connectivity index is 2.90. The van der Waals surface area contributed by atoms with E-state index in [1.54, 1.807) is 13.1 Å². The quantitative estimate of drug-likeness (QED) is 0.799. The summed E-state index contributed by atoms with van der Waals surface area (Å²) in [6, 6.07) is 4.27. The first kappa shape index (κ1) is 12.6. The molecule has 16 heavy (non-hydrogen) atoms. The lowest BCUT2D eigenvalue weighted by Gasteiger charge is -2.09. The molecule has 1 rings (SSSR count). The van der Waals surface area contributed by atoms with Gasteiger partial charge in [-0.05, 0) is 31.2 Å². The molecule has 1 aromatic carbocycles. The van der Waals surface area contributed by atoms with E-state index < -0.39 is 0 Å². The summed E-state index contributed by atoms with van der Waals surface area (Å²) >= 11 is 0. The average Bonchev–Trinajstić information content (AvgIpc) is 2.28. The van der Waals surface area contributed by atoms with Crippen molar-refractivity contribution in [2.45, 2.75) is 19.9 Å². The Morgan fingerprint density at radius 2 is 2.19 bits per heavy atom. The number of hydrogen-bond acceptors (Lipinski definition) is 2. The van der Waals surface area contributed by atoms with Crippen LogP contribution in [-0.4, -0.2) is 19.5 Å². The Kier molecular flexibility index (Phi) is 4.92. The van der Waals surface area contributed by atoms with E-state index in [-0.39, 0.29) is 11.7 Å². The van der Waals surface area contributed by atoms with Crippen LogP contribution in [0.3, 0.4) is 0 Å². The minimum atomic E-state index is -0.387. The van der Waals surface area contributed by atoms with Gasteiger partial charge in [0.05, 0.1) is 0 Å². The lowest BCUT2D eigenvalue weighted by molar-refractivity contribution is 0.0952. The SMILES string of the molecule is CCCNC(=O)c1cc(F)ccc1CNC. The molecule has 0 unspecified atom stereocenters. The molecule has 0 saturated heterocycles. The number of benzene rings is 1. The van der Waals surface area contributed by atoms with Crippen molar-refractivity contribution in [2.24, 2.45) is 0 Å². The highest BCUT2D eigenvalue weighted by Gasteiger charge is 2.11. The van der Waals surface area contributed by atoms with Crippen LogP contribution in [-0.2, 0) is 6.54 Å². The van der Waals surface area contributed by atoms with Crippen LogP contribution in [0.15, 0.2) is 18.2 Å². The summed E-state index contributed by atoms with van der Waals surface area (Å²) in [5.41, 5.74) is 1.21. The minimum absolute atomic E-state index is 0.216. The highest BCUT2D eigenvalue weighted by molar-refractivity contribution is 5.95. The number of hydrogen-bond donors (Lipinski definition) is 2. The molecule has 0 fully saturated rings. The van der Waals surface area contributed by atoms with Crippen molar-refractivity contribution >= 4 is 5.91 Å². The topological polar surface area (TPSA) is 41.1 Å². The molecule has 88 valence electrons. The zero-order valence-electron chi connectivity index (χ0n) is 9.64. The standard InChI is InChI=1S/C12H17FN2O/c1-3-6-15-12(16)11-7-10(13)5-4-9(11)8-14-2/h4-5,7,14H,3,6,8H2,1-2H3,(H,15,16). The van der Waals surface area contributed by atoms with Gasteiger partial charge in [-0.3, -0.25) is 4.79 Å². The summed E-state index contributed by atoms with van der Waals surface area (Å²) in [4.78, 5) is 11.7. The molecule has 1 amide bonds. The van der Waals surface area contributed by atoms with Gasteiger partial charge in [-0.1, -0.05) is 13.0 Å². The number of nitrogens with one attached hydrogen (secondary N) is 2. The van der Waals surface area contributed by atoms with Crippen molar-refractivity contribution < 1.29 is 9.18 Å². The third-order valence-electron chi connectivity index (χ3n) is 2.22. The van der Waals surface area contributed by atoms with E-state index in [1.165, 1.54) is 12.1 Å². The summed E-state index contributed by atoms with van der Waals surface area (Å²) in [5, 5.41) is 5.69. The fraction of sp³-hybridized carbons (Fsp3) is 0.417. The van der Waals surface area contributed by atoms with Gasteiger partial charge in [0.2, 0.25) is 0 Å². The molecule has 0 saturated carbocycles. The van der Waals surface area contributed by atoms with Crippen LogP contribution in [0.1, 0.15) is 29.3 Å². The van der Waals surface area contributed by atoms with Crippen LogP contribution >= 0.6 is 0 Å². The van der Waals surface area contributed by atoms with E-state index in [2.05, 4.69) is 10.6 Å². The molecule has 0 aliphatic rings. The van der Waals surface area contributed by atoms with Crippen LogP contribution in [0, 0.1) is 5.82 Å². The van der Waals surface area contributed by atoms with Gasteiger partial charge in [0.25, 0.3) is 5.91 Å². The van der Waals surface area contributed by atoms with Gasteiger partial charge < -0.3 is 10.6 Å². The van der Waals surface area contributed by atoms with E-state index in [0.717, 1.165) is 12.0 Å². The van der Waals surface area contributed by atoms with Crippen molar-refractivity contribution in [2.75, 3.05) is 13.6 Å². The van der Waals surface area contributed by atoms with Gasteiger partial charge >= 0.3 is 0 Å². The first-order valence-corrected chi connectivity index (χ1v) is 5.40. The molecule has 3 nitrogen and oxygen atoms in total. The fourth-order valence-electron chi connectivity index (χ4n) is 1.44. The summed E-state index contributed by atoms with van der Waals surface area (Å²) in [6.45, 7) is 3.13. The molecular weight excluding hydrogens is 207 g/mol. The Bertz CT molecular complexity index is 366. The first-order chi connectivity index (χ1) is 7.69. The molecule has 4 heteroatoms. The Morgan fingerprint density at radius 3 is 2.81 bits per heavy atom. The summed E-state index contributed by atoms with van der Waals surface area (Å²) < 4.78 is 13.1. The lowest BCUT2D eigenvalue weighted by atomic mass is 10.1. The first-order valence-electron chi connectivity index (χ1n) is 5.40. The molecule has 0 aliphatic heterocycles. The highest BCUT2D eigenvalue weighted by Crippen LogP contribution is 2.11. The molecule has 2 N–H and O–H groups in total. The van der Waals surface area contributed by atoms with Gasteiger partial charge in [0.15, 0.2) is 0 Å². The van der Waals surface area contributed by atoms with Crippen LogP contribution in [0.25, 0.3) is 0 Å². The highest BCUT2D eigenvalue weighted by atomic mass is 19.1. The van der Waals surface area contributed by atoms with Crippen molar-refractivity contribution in [1.29, 1.82) is 0 Å². The number of rotatable bonds is 5. The average molecular weight is 224 g/mol. The molecule has 0 aliphatic carbocycles. The largest absolute Gasteiger partial charge is 0.352 e. The predicted octanol–water partition coefficient (Wildman–Crippen LogP) is 1.68. The zero-order chi connectivity index (χ0) is 12.0. The predicted molar refractivity (Wildman–Crippen MR) is 61.8 cm³/mol. The van der Waals surface area contributed by atoms with Gasteiger partial charge in [-0.15, -0.1) is 0 Å². The maximum atomic E-state index is 13.1. The Hall–Kier alpha value is -1.42. The fourth-order valence-corrected chi connectivity index (χ4v) is 1.44. The van der Waals surface area contributed by atoms with E-state index in [1.807, 2.05) is 6.92 Å². The Morgan fingerprint density at radius 1 is 1.44 bits per heavy atom. The second-order valence-electron chi connectivity index (χ2n) is 3.59. The summed E-state index contributed by atoms with van der Waals surface area (Å²) in [6.07, 6.45) is 0.864. The molecule has 1 aromatic rings. The van der Waals surface area contributed by atoms with Crippen molar-refractivity contribution in [3.8, 4) is 0 Å². The maximum Gasteiger partial charge on any atom is 0.251 e. The second kappa shape index (κ2) is 6.23. The zero-order valence-corrected chi connectivity index (χ0v) is 9.64. The molecule has 0 heterocycles. The molecular formula is C12H17FN2O. The van der Waals surface area contributed by atoms with Gasteiger partial charge in [-0.25, -0.2) is 4.39 Å². The van der Waals surface area contributed by atoms with Crippen LogP contribution in [0.2, 0.25) is 0 Å². The van der Waals surface area contributed by atoms with Crippen molar-refractivity contribution in [1.82, 2.24) is 10.6 Å². The van der Waals surface area contributed by atoms with E-state index in [0.29, 0.717) is 18.7 Å². The van der Waals surface area contributed by atoms with Gasteiger partial charge in [0, 0.05) is 18.7 Å². The van der Waals surface area contributed by atoms with Crippen LogP contribution in [0.5, 0.6) is 0 Å². The third kappa shape index (κ3) is 3.31. The number of amides is 1. The van der Waals surface area contributed by atoms with Crippen molar-refractivity contribution in [3.63, 3.8) is 0 Å². The smallest absolute Gasteiger partial charge is 0.251 e. The third-order valence-corrected chi connectivity index (χ3v) is 2.22. The molecule has 0 radical (unpaired) electrons. The molecule has 0 spiro atoms. The van der Waals surface area contributed by atoms with Crippen molar-refractivity contribution in [3.05, 3.63) is 35.1 Å². The van der Waals surface area contributed by atoms with E-state index in [9.17, 15) is 9.18 Å². The Labute approximate surface area is 95.0 Å². The maximum absolute atomic E-state index is 13.1. The monoisotopic (exact) mass is 224 g/mol. The van der Waals surface area contributed by atoms with E-state index in [4.69, 9.17) is 0 Å². The normalized spacial score (nSPS) is 10.2. The molecule has 0 atom stereocenters. The van der Waals surface area contributed by atoms with Gasteiger partial charge in [0.1, 0.15) is 5.82 Å². The second-order valence-corrected chi connectivity index (χ2v) is 3.59. The lowest BCUT2D eigenvalue weighted by Crippen LogP contribution is -2.26. The molecule has 0 aromatic heterocycles. The van der Waals surface area contributed by atoms with Crippen LogP contribution < -0.4 is 10.6 Å². The van der Waals surface area contributed by atoms with Crippen LogP contribution in [0.4, 0.5) is 4.39 Å². The van der Waals surface area contributed by atoms with Gasteiger partial charge in [-0.2, -0.15) is 0 Å². The number of carbonyl (C=O) groups is 1. The minimum Gasteiger partial charge on any atom is -0.352 e. The van der Waals surface area contributed by atoms with E-state index >= 15 is 0 Å². The summed E-state index contributed by atoms with van der Waals surface area (Å²) in [5.74, 6) is -0.604. The summed E-state index contributed by atoms with van der Waals surface area (Å²) in [7, 11) is 1.79.